The highest BCUT2D eigenvalue weighted by Gasteiger charge is 2.27. The summed E-state index contributed by atoms with van der Waals surface area (Å²) in [4.78, 5) is 22.2. The summed E-state index contributed by atoms with van der Waals surface area (Å²) in [5.74, 6) is -1.09. The summed E-state index contributed by atoms with van der Waals surface area (Å²) in [6.45, 7) is 4.09. The lowest BCUT2D eigenvalue weighted by Crippen LogP contribution is -2.43. The molecule has 0 radical (unpaired) electrons. The van der Waals surface area contributed by atoms with Crippen molar-refractivity contribution < 1.29 is 24.2 Å². The first kappa shape index (κ1) is 13.5. The molecule has 6 nitrogen and oxygen atoms in total. The molecular weight excluding hydrogens is 226 g/mol. The van der Waals surface area contributed by atoms with E-state index in [2.05, 4.69) is 16.6 Å². The summed E-state index contributed by atoms with van der Waals surface area (Å²) in [7, 11) is 0. The highest BCUT2D eigenvalue weighted by atomic mass is 16.5. The van der Waals surface area contributed by atoms with Crippen molar-refractivity contribution in [1.29, 1.82) is 0 Å². The number of carboxylic acids is 1. The van der Waals surface area contributed by atoms with E-state index in [0.717, 1.165) is 12.8 Å². The molecular formula is C11H17NO5. The molecule has 0 aromatic carbocycles. The van der Waals surface area contributed by atoms with Gasteiger partial charge in [0.05, 0.1) is 6.10 Å². The fourth-order valence-corrected chi connectivity index (χ4v) is 1.63. The van der Waals surface area contributed by atoms with Gasteiger partial charge >= 0.3 is 12.1 Å². The zero-order chi connectivity index (χ0) is 12.7. The van der Waals surface area contributed by atoms with Crippen LogP contribution in [-0.2, 0) is 14.3 Å². The van der Waals surface area contributed by atoms with Gasteiger partial charge in [-0.25, -0.2) is 9.59 Å². The highest BCUT2D eigenvalue weighted by molar-refractivity contribution is 5.79. The Bertz CT molecular complexity index is 286. The molecule has 2 N–H and O–H groups in total. The van der Waals surface area contributed by atoms with E-state index < -0.39 is 18.1 Å². The first-order valence-corrected chi connectivity index (χ1v) is 5.52. The van der Waals surface area contributed by atoms with Gasteiger partial charge in [-0.2, -0.15) is 0 Å². The molecule has 1 fully saturated rings. The monoisotopic (exact) mass is 243 g/mol. The molecule has 1 rings (SSSR count). The van der Waals surface area contributed by atoms with Crippen molar-refractivity contribution in [3.63, 3.8) is 0 Å². The molecule has 1 aliphatic rings. The summed E-state index contributed by atoms with van der Waals surface area (Å²) in [5, 5.41) is 11.3. The Balaban J connectivity index is 2.39. The number of carboxylic acid groups (broad SMARTS) is 1. The Labute approximate surface area is 99.6 Å². The van der Waals surface area contributed by atoms with Gasteiger partial charge in [0.2, 0.25) is 0 Å². The van der Waals surface area contributed by atoms with E-state index in [9.17, 15) is 9.59 Å². The zero-order valence-corrected chi connectivity index (χ0v) is 9.55. The minimum absolute atomic E-state index is 0.0537. The molecule has 0 aromatic heterocycles. The van der Waals surface area contributed by atoms with Crippen molar-refractivity contribution in [2.75, 3.05) is 13.2 Å². The number of ether oxygens (including phenoxy) is 2. The third kappa shape index (κ3) is 4.86. The van der Waals surface area contributed by atoms with Crippen molar-refractivity contribution in [2.24, 2.45) is 0 Å². The van der Waals surface area contributed by atoms with Crippen molar-refractivity contribution in [3.8, 4) is 0 Å². The maximum atomic E-state index is 11.2. The van der Waals surface area contributed by atoms with Crippen LogP contribution < -0.4 is 5.32 Å². The van der Waals surface area contributed by atoms with Gasteiger partial charge in [-0.15, -0.1) is 0 Å². The number of aliphatic carboxylic acids is 1. The molecule has 0 spiro atoms. The molecule has 6 heteroatoms. The van der Waals surface area contributed by atoms with Crippen LogP contribution in [0.15, 0.2) is 12.7 Å². The van der Waals surface area contributed by atoms with E-state index in [4.69, 9.17) is 9.84 Å². The summed E-state index contributed by atoms with van der Waals surface area (Å²) in [5.41, 5.74) is 0. The van der Waals surface area contributed by atoms with Crippen LogP contribution in [0.3, 0.4) is 0 Å². The van der Waals surface area contributed by atoms with E-state index in [0.29, 0.717) is 6.61 Å². The van der Waals surface area contributed by atoms with Crippen LogP contribution in [0.5, 0.6) is 0 Å². The van der Waals surface area contributed by atoms with Crippen molar-refractivity contribution in [3.05, 3.63) is 12.7 Å². The normalized spacial score (nSPS) is 20.6. The molecule has 1 amide bonds. The third-order valence-corrected chi connectivity index (χ3v) is 2.45. The van der Waals surface area contributed by atoms with Crippen LogP contribution in [-0.4, -0.2) is 42.5 Å². The Kier molecular flexibility index (Phi) is 5.48. The fraction of sp³-hybridized carbons (Fsp3) is 0.636. The van der Waals surface area contributed by atoms with Crippen LogP contribution in [0.4, 0.5) is 4.79 Å². The summed E-state index contributed by atoms with van der Waals surface area (Å²) >= 11 is 0. The molecule has 17 heavy (non-hydrogen) atoms. The Morgan fingerprint density at radius 1 is 1.65 bits per heavy atom. The average Bonchev–Trinajstić information content (AvgIpc) is 2.78. The average molecular weight is 243 g/mol. The predicted octanol–water partition coefficient (Wildman–Crippen LogP) is 0.921. The van der Waals surface area contributed by atoms with Gasteiger partial charge in [0.15, 0.2) is 0 Å². The predicted molar refractivity (Wildman–Crippen MR) is 59.7 cm³/mol. The Morgan fingerprint density at radius 2 is 2.41 bits per heavy atom. The van der Waals surface area contributed by atoms with E-state index in [1.165, 1.54) is 6.08 Å². The van der Waals surface area contributed by atoms with E-state index in [1.807, 2.05) is 0 Å². The Morgan fingerprint density at radius 3 is 2.94 bits per heavy atom. The Hall–Kier alpha value is -1.56. The second-order valence-corrected chi connectivity index (χ2v) is 3.79. The molecule has 0 unspecified atom stereocenters. The number of hydrogen-bond donors (Lipinski definition) is 2. The lowest BCUT2D eigenvalue weighted by atomic mass is 10.1. The quantitative estimate of drug-likeness (QED) is 0.678. The molecule has 1 saturated heterocycles. The maximum Gasteiger partial charge on any atom is 0.408 e. The number of hydrogen-bond acceptors (Lipinski definition) is 4. The third-order valence-electron chi connectivity index (χ3n) is 2.45. The number of carbonyl (C=O) groups is 2. The SMILES string of the molecule is C=CCOC(=O)N[C@@H](C[C@@H]1CCCO1)C(=O)O. The van der Waals surface area contributed by atoms with Gasteiger partial charge in [-0.05, 0) is 12.8 Å². The first-order chi connectivity index (χ1) is 8.13. The van der Waals surface area contributed by atoms with E-state index in [-0.39, 0.29) is 19.1 Å². The van der Waals surface area contributed by atoms with E-state index in [1.54, 1.807) is 0 Å². The second kappa shape index (κ2) is 6.90. The minimum Gasteiger partial charge on any atom is -0.480 e. The molecule has 0 bridgehead atoms. The number of nitrogens with one attached hydrogen (secondary N) is 1. The molecule has 1 aliphatic heterocycles. The molecule has 96 valence electrons. The molecule has 0 aromatic rings. The lowest BCUT2D eigenvalue weighted by molar-refractivity contribution is -0.140. The largest absolute Gasteiger partial charge is 0.480 e. The topological polar surface area (TPSA) is 84.9 Å². The van der Waals surface area contributed by atoms with Crippen LogP contribution in [0.2, 0.25) is 0 Å². The second-order valence-electron chi connectivity index (χ2n) is 3.79. The molecule has 0 saturated carbocycles. The van der Waals surface area contributed by atoms with Crippen molar-refractivity contribution >= 4 is 12.1 Å². The number of carbonyl (C=O) groups excluding carboxylic acids is 1. The number of amides is 1. The summed E-state index contributed by atoms with van der Waals surface area (Å²) < 4.78 is 9.99. The van der Waals surface area contributed by atoms with E-state index >= 15 is 0 Å². The maximum absolute atomic E-state index is 11.2. The minimum atomic E-state index is -1.09. The van der Waals surface area contributed by atoms with Gasteiger partial charge < -0.3 is 19.9 Å². The van der Waals surface area contributed by atoms with Gasteiger partial charge in [0, 0.05) is 13.0 Å². The molecule has 0 aliphatic carbocycles. The van der Waals surface area contributed by atoms with Crippen LogP contribution in [0.25, 0.3) is 0 Å². The zero-order valence-electron chi connectivity index (χ0n) is 9.55. The van der Waals surface area contributed by atoms with Gasteiger partial charge in [0.1, 0.15) is 12.6 Å². The lowest BCUT2D eigenvalue weighted by Gasteiger charge is -2.17. The van der Waals surface area contributed by atoms with Gasteiger partial charge in [-0.3, -0.25) is 0 Å². The van der Waals surface area contributed by atoms with Crippen molar-refractivity contribution in [2.45, 2.75) is 31.4 Å². The standard InChI is InChI=1S/C11H17NO5/c1-2-5-17-11(15)12-9(10(13)14)7-8-4-3-6-16-8/h2,8-9H,1,3-7H2,(H,12,15)(H,13,14)/t8-,9-/m0/s1. The summed E-state index contributed by atoms with van der Waals surface area (Å²) in [6.07, 6.45) is 2.57. The van der Waals surface area contributed by atoms with Crippen LogP contribution >= 0.6 is 0 Å². The molecule has 2 atom stereocenters. The van der Waals surface area contributed by atoms with Crippen molar-refractivity contribution in [1.82, 2.24) is 5.32 Å². The molecule has 1 heterocycles. The van der Waals surface area contributed by atoms with Crippen LogP contribution in [0.1, 0.15) is 19.3 Å². The highest BCUT2D eigenvalue weighted by Crippen LogP contribution is 2.17. The van der Waals surface area contributed by atoms with Gasteiger partial charge in [0.25, 0.3) is 0 Å². The smallest absolute Gasteiger partial charge is 0.408 e. The van der Waals surface area contributed by atoms with Crippen LogP contribution in [0, 0.1) is 0 Å². The summed E-state index contributed by atoms with van der Waals surface area (Å²) in [6, 6.07) is -0.976. The van der Waals surface area contributed by atoms with Gasteiger partial charge in [-0.1, -0.05) is 12.7 Å². The fourth-order valence-electron chi connectivity index (χ4n) is 1.63. The number of rotatable bonds is 6. The number of alkyl carbamates (subject to hydrolysis) is 1. The first-order valence-electron chi connectivity index (χ1n) is 5.52.